The van der Waals surface area contributed by atoms with Crippen molar-refractivity contribution in [1.82, 2.24) is 0 Å². The first kappa shape index (κ1) is 41.3. The summed E-state index contributed by atoms with van der Waals surface area (Å²) in [6, 6.07) is 7.22. The van der Waals surface area contributed by atoms with E-state index in [1.807, 2.05) is 0 Å². The van der Waals surface area contributed by atoms with Crippen molar-refractivity contribution >= 4 is 33.6 Å². The number of carbonyl (C=O) groups is 4. The van der Waals surface area contributed by atoms with Gasteiger partial charge in [0, 0.05) is 0 Å². The first-order valence-corrected chi connectivity index (χ1v) is 20.8. The van der Waals surface area contributed by atoms with Gasteiger partial charge in [0.1, 0.15) is 0 Å². The van der Waals surface area contributed by atoms with Gasteiger partial charge in [-0.05, 0) is 0 Å². The molecule has 0 radical (unpaired) electrons. The zero-order chi connectivity index (χ0) is 40.2. The molecule has 0 spiro atoms. The Morgan fingerprint density at radius 1 is 0.358 bits per heavy atom. The number of aryl methyl sites for hydroxylation is 4. The van der Waals surface area contributed by atoms with Crippen LogP contribution in [0.5, 0.6) is 0 Å². The fraction of sp³-hybridized carbons (Fsp3) is 0.222. The van der Waals surface area contributed by atoms with Crippen molar-refractivity contribution in [3.05, 3.63) is 140 Å². The number of alkyl halides is 12. The van der Waals surface area contributed by atoms with Gasteiger partial charge in [0.2, 0.25) is 0 Å². The summed E-state index contributed by atoms with van der Waals surface area (Å²) in [6.45, 7) is 3.27. The molecular formula is C36H24F12O4Sn. The molecule has 0 aliphatic rings. The maximum atomic E-state index is 15.1. The van der Waals surface area contributed by atoms with E-state index in [9.17, 15) is 52.7 Å². The molecule has 0 N–H and O–H groups in total. The Hall–Kier alpha value is -4.48. The minimum absolute atomic E-state index is 0.245. The van der Waals surface area contributed by atoms with Gasteiger partial charge in [-0.1, -0.05) is 0 Å². The second kappa shape index (κ2) is 14.1. The van der Waals surface area contributed by atoms with Gasteiger partial charge in [-0.15, -0.1) is 0 Å². The molecule has 0 fully saturated rings. The van der Waals surface area contributed by atoms with Gasteiger partial charge in [-0.3, -0.25) is 0 Å². The van der Waals surface area contributed by atoms with E-state index in [1.54, 1.807) is 0 Å². The average Bonchev–Trinajstić information content (AvgIpc) is 3.02. The number of rotatable bonds is 8. The van der Waals surface area contributed by atoms with Crippen molar-refractivity contribution in [3.8, 4) is 0 Å². The van der Waals surface area contributed by atoms with Crippen LogP contribution in [0.2, 0.25) is 0 Å². The normalized spacial score (nSPS) is 12.8. The van der Waals surface area contributed by atoms with Crippen LogP contribution in [0.15, 0.2) is 72.8 Å². The Labute approximate surface area is 296 Å². The van der Waals surface area contributed by atoms with Crippen LogP contribution in [0.4, 0.5) is 52.7 Å². The maximum absolute atomic E-state index is 15.1. The fourth-order valence-corrected chi connectivity index (χ4v) is 17.8. The summed E-state index contributed by atoms with van der Waals surface area (Å²) in [5.41, 5.74) is -17.3. The van der Waals surface area contributed by atoms with E-state index in [0.29, 0.717) is 0 Å². The SMILES string of the molecule is Cc1cccc(C(F)(F)F)c1[C](=O)[Sn]([C](=O)c1c(C)cccc1C(F)(F)F)([C](=O)c1c(C)cccc1C(F)(F)F)[C](=O)c1c(C)cccc1C(F)(F)F. The Morgan fingerprint density at radius 2 is 0.528 bits per heavy atom. The minimum atomic E-state index is -8.57. The molecule has 0 aliphatic carbocycles. The standard InChI is InChI=1S/4C9H6F3O.Sn/c4*1-6-3-2-4-8(7(6)5-13)9(10,11)12;/h4*2-4H,1H3;. The molecule has 280 valence electrons. The molecule has 0 bridgehead atoms. The van der Waals surface area contributed by atoms with Gasteiger partial charge in [0.15, 0.2) is 0 Å². The second-order valence-corrected chi connectivity index (χ2v) is 21.5. The van der Waals surface area contributed by atoms with Crippen LogP contribution in [0, 0.1) is 27.7 Å². The van der Waals surface area contributed by atoms with Gasteiger partial charge in [-0.2, -0.15) is 0 Å². The topological polar surface area (TPSA) is 68.3 Å². The molecule has 0 amide bonds. The summed E-state index contributed by atoms with van der Waals surface area (Å²) in [4.78, 5) is 60.4. The monoisotopic (exact) mass is 868 g/mol. The molecule has 0 saturated carbocycles. The molecule has 0 atom stereocenters. The van der Waals surface area contributed by atoms with Crippen molar-refractivity contribution in [2.45, 2.75) is 52.4 Å². The Balaban J connectivity index is 2.43. The fourth-order valence-electron chi connectivity index (χ4n) is 6.19. The number of hydrogen-bond donors (Lipinski definition) is 0. The first-order valence-electron chi connectivity index (χ1n) is 15.1. The number of benzene rings is 4. The van der Waals surface area contributed by atoms with Crippen LogP contribution < -0.4 is 0 Å². The van der Waals surface area contributed by atoms with E-state index >= 15 is 19.2 Å². The summed E-state index contributed by atoms with van der Waals surface area (Å²) < 4.78 is 165. The number of carbonyl (C=O) groups excluding carboxylic acids is 4. The van der Waals surface area contributed by atoms with Crippen LogP contribution in [0.3, 0.4) is 0 Å². The second-order valence-electron chi connectivity index (χ2n) is 12.0. The molecule has 4 aromatic carbocycles. The Bertz CT molecular complexity index is 1850. The molecule has 0 heterocycles. The van der Waals surface area contributed by atoms with Crippen molar-refractivity contribution < 1.29 is 71.9 Å². The third-order valence-electron chi connectivity index (χ3n) is 8.58. The molecule has 4 rings (SSSR count). The van der Waals surface area contributed by atoms with Crippen LogP contribution >= 0.6 is 0 Å². The molecule has 0 aliphatic heterocycles. The third-order valence-corrected chi connectivity index (χ3v) is 19.2. The van der Waals surface area contributed by atoms with Crippen molar-refractivity contribution in [2.24, 2.45) is 0 Å². The van der Waals surface area contributed by atoms with E-state index in [4.69, 9.17) is 0 Å². The summed E-state index contributed by atoms with van der Waals surface area (Å²) in [6.07, 6.45) is -22.3. The summed E-state index contributed by atoms with van der Waals surface area (Å²) in [7, 11) is 0. The van der Waals surface area contributed by atoms with Gasteiger partial charge in [-0.25, -0.2) is 0 Å². The predicted octanol–water partition coefficient (Wildman–Crippen LogP) is 10.4. The molecular weight excluding hydrogens is 843 g/mol. The molecule has 4 nitrogen and oxygen atoms in total. The zero-order valence-electron chi connectivity index (χ0n) is 27.6. The number of halogens is 12. The number of hydrogen-bond acceptors (Lipinski definition) is 4. The summed E-state index contributed by atoms with van der Waals surface area (Å²) in [5.74, 6) is 0. The molecule has 0 unspecified atom stereocenters. The third kappa shape index (κ3) is 7.38. The van der Waals surface area contributed by atoms with Crippen molar-refractivity contribution in [3.63, 3.8) is 0 Å². The van der Waals surface area contributed by atoms with E-state index in [2.05, 4.69) is 0 Å². The summed E-state index contributed by atoms with van der Waals surface area (Å²) in [5, 5.41) is 0. The van der Waals surface area contributed by atoms with E-state index < -0.39 is 125 Å². The molecule has 0 aromatic heterocycles. The summed E-state index contributed by atoms with van der Waals surface area (Å²) >= 11 is -8.57. The van der Waals surface area contributed by atoms with Gasteiger partial charge >= 0.3 is 297 Å². The van der Waals surface area contributed by atoms with Crippen LogP contribution in [-0.2, 0) is 24.7 Å². The van der Waals surface area contributed by atoms with E-state index in [1.165, 1.54) is 0 Å². The molecule has 4 aromatic rings. The van der Waals surface area contributed by atoms with E-state index in [-0.39, 0.29) is 24.3 Å². The zero-order valence-corrected chi connectivity index (χ0v) is 30.5. The Morgan fingerprint density at radius 3 is 0.679 bits per heavy atom. The van der Waals surface area contributed by atoms with Gasteiger partial charge in [0.05, 0.1) is 0 Å². The Kier molecular flexibility index (Phi) is 11.0. The van der Waals surface area contributed by atoms with Crippen molar-refractivity contribution in [1.29, 1.82) is 0 Å². The molecule has 53 heavy (non-hydrogen) atoms. The quantitative estimate of drug-likeness (QED) is 0.131. The molecule has 17 heteroatoms. The van der Waals surface area contributed by atoms with Crippen molar-refractivity contribution in [2.75, 3.05) is 0 Å². The first-order chi connectivity index (χ1) is 24.2. The average molecular weight is 867 g/mol. The van der Waals surface area contributed by atoms with Crippen LogP contribution in [0.25, 0.3) is 0 Å². The predicted molar refractivity (Wildman–Crippen MR) is 168 cm³/mol. The van der Waals surface area contributed by atoms with Crippen LogP contribution in [-0.4, -0.2) is 33.6 Å². The molecule has 0 saturated heterocycles. The van der Waals surface area contributed by atoms with E-state index in [0.717, 1.165) is 76.2 Å². The van der Waals surface area contributed by atoms with Gasteiger partial charge < -0.3 is 0 Å². The van der Waals surface area contributed by atoms with Crippen LogP contribution in [0.1, 0.15) is 85.9 Å². The van der Waals surface area contributed by atoms with Gasteiger partial charge in [0.25, 0.3) is 0 Å².